The lowest BCUT2D eigenvalue weighted by Crippen LogP contribution is -2.32. The molecule has 0 fully saturated rings. The molecule has 1 heterocycles. The Morgan fingerprint density at radius 1 is 1.55 bits per heavy atom. The summed E-state index contributed by atoms with van der Waals surface area (Å²) in [5, 5.41) is 17.3. The SMILES string of the molecule is [2H]C([2H])([2H])Oc1cnc(B(O)O)cn1. The highest BCUT2D eigenvalue weighted by Crippen LogP contribution is 1.96. The van der Waals surface area contributed by atoms with Crippen LogP contribution in [0.4, 0.5) is 0 Å². The van der Waals surface area contributed by atoms with Crippen LogP contribution in [0.25, 0.3) is 0 Å². The minimum atomic E-state index is -2.59. The Morgan fingerprint density at radius 3 is 2.82 bits per heavy atom. The van der Waals surface area contributed by atoms with Crippen molar-refractivity contribution in [1.82, 2.24) is 9.97 Å². The average molecular weight is 157 g/mol. The summed E-state index contributed by atoms with van der Waals surface area (Å²) in [5.41, 5.74) is -0.0807. The van der Waals surface area contributed by atoms with Crippen LogP contribution in [0.15, 0.2) is 12.4 Å². The second kappa shape index (κ2) is 3.31. The molecule has 58 valence electrons. The van der Waals surface area contributed by atoms with Gasteiger partial charge in [-0.2, -0.15) is 0 Å². The number of hydrogen-bond acceptors (Lipinski definition) is 5. The first-order valence-electron chi connectivity index (χ1n) is 4.25. The molecule has 0 amide bonds. The third-order valence-electron chi connectivity index (χ3n) is 1.02. The standard InChI is InChI=1S/C5H7BN2O3/c1-11-5-3-7-4(2-8-5)6(9)10/h2-3,9-10H,1H3/i1D3. The van der Waals surface area contributed by atoms with E-state index in [-0.39, 0.29) is 11.5 Å². The number of methoxy groups -OCH3 is 1. The molecule has 0 atom stereocenters. The van der Waals surface area contributed by atoms with E-state index in [1.54, 1.807) is 0 Å². The van der Waals surface area contributed by atoms with E-state index in [1.165, 1.54) is 0 Å². The molecule has 0 unspecified atom stereocenters. The maximum absolute atomic E-state index is 8.65. The lowest BCUT2D eigenvalue weighted by molar-refractivity contribution is 0.395. The van der Waals surface area contributed by atoms with Crippen molar-refractivity contribution in [2.75, 3.05) is 7.04 Å². The molecule has 0 radical (unpaired) electrons. The Bertz CT molecular complexity index is 302. The predicted octanol–water partition coefficient (Wildman–Crippen LogP) is -1.84. The van der Waals surface area contributed by atoms with Gasteiger partial charge in [0.1, 0.15) is 0 Å². The van der Waals surface area contributed by atoms with Crippen LogP contribution < -0.4 is 10.3 Å². The molecular formula is C5H7BN2O3. The van der Waals surface area contributed by atoms with E-state index in [1.807, 2.05) is 0 Å². The Labute approximate surface area is 68.0 Å². The highest BCUT2D eigenvalue weighted by molar-refractivity contribution is 6.57. The third kappa shape index (κ3) is 1.89. The molecule has 6 heteroatoms. The van der Waals surface area contributed by atoms with E-state index < -0.39 is 14.2 Å². The summed E-state index contributed by atoms with van der Waals surface area (Å²) in [4.78, 5) is 7.05. The van der Waals surface area contributed by atoms with E-state index in [4.69, 9.17) is 14.2 Å². The molecule has 0 saturated heterocycles. The van der Waals surface area contributed by atoms with Crippen molar-refractivity contribution >= 4 is 12.7 Å². The van der Waals surface area contributed by atoms with Gasteiger partial charge in [0.25, 0.3) is 0 Å². The molecule has 0 aliphatic rings. The third-order valence-corrected chi connectivity index (χ3v) is 1.02. The average Bonchev–Trinajstić information content (AvgIpc) is 2.02. The summed E-state index contributed by atoms with van der Waals surface area (Å²) in [6.07, 6.45) is 2.02. The second-order valence-corrected chi connectivity index (χ2v) is 1.76. The van der Waals surface area contributed by atoms with Gasteiger partial charge in [0, 0.05) is 6.20 Å². The number of hydrogen-bond donors (Lipinski definition) is 2. The zero-order chi connectivity index (χ0) is 10.8. The number of nitrogens with zero attached hydrogens (tertiary/aromatic N) is 2. The van der Waals surface area contributed by atoms with Gasteiger partial charge in [0.2, 0.25) is 5.88 Å². The van der Waals surface area contributed by atoms with Gasteiger partial charge in [0.15, 0.2) is 0 Å². The van der Waals surface area contributed by atoms with E-state index in [0.29, 0.717) is 0 Å². The Morgan fingerprint density at radius 2 is 2.36 bits per heavy atom. The van der Waals surface area contributed by atoms with Crippen LogP contribution in [-0.4, -0.2) is 34.2 Å². The first-order chi connectivity index (χ1) is 6.38. The second-order valence-electron chi connectivity index (χ2n) is 1.76. The van der Waals surface area contributed by atoms with Crippen molar-refractivity contribution in [3.05, 3.63) is 12.4 Å². The van der Waals surface area contributed by atoms with Gasteiger partial charge >= 0.3 is 7.12 Å². The van der Waals surface area contributed by atoms with Gasteiger partial charge in [-0.25, -0.2) is 4.98 Å². The minimum absolute atomic E-state index is 0.0807. The molecule has 1 aromatic heterocycles. The Kier molecular flexibility index (Phi) is 1.41. The van der Waals surface area contributed by atoms with Gasteiger partial charge < -0.3 is 14.8 Å². The lowest BCUT2D eigenvalue weighted by atomic mass is 9.87. The Balaban J connectivity index is 2.74. The molecule has 0 saturated carbocycles. The molecule has 0 spiro atoms. The summed E-state index contributed by atoms with van der Waals surface area (Å²) >= 11 is 0. The monoisotopic (exact) mass is 157 g/mol. The molecule has 0 aliphatic heterocycles. The van der Waals surface area contributed by atoms with Crippen LogP contribution in [0.3, 0.4) is 0 Å². The van der Waals surface area contributed by atoms with Crippen LogP contribution >= 0.6 is 0 Å². The van der Waals surface area contributed by atoms with Gasteiger partial charge in [-0.15, -0.1) is 0 Å². The van der Waals surface area contributed by atoms with Crippen molar-refractivity contribution in [2.45, 2.75) is 0 Å². The van der Waals surface area contributed by atoms with Crippen LogP contribution in [0, 0.1) is 0 Å². The maximum atomic E-state index is 8.65. The summed E-state index contributed by atoms with van der Waals surface area (Å²) in [6.45, 7) is 0. The molecule has 0 aliphatic carbocycles. The summed E-state index contributed by atoms with van der Waals surface area (Å²) in [7, 11) is -4.32. The molecule has 1 aromatic rings. The number of rotatable bonds is 2. The van der Waals surface area contributed by atoms with Gasteiger partial charge in [-0.3, -0.25) is 4.98 Å². The summed E-state index contributed by atoms with van der Waals surface area (Å²) in [6, 6.07) is 0. The highest BCUT2D eigenvalue weighted by Gasteiger charge is 2.12. The van der Waals surface area contributed by atoms with Crippen molar-refractivity contribution in [2.24, 2.45) is 0 Å². The van der Waals surface area contributed by atoms with Crippen LogP contribution in [0.1, 0.15) is 4.11 Å². The molecule has 0 bridgehead atoms. The quantitative estimate of drug-likeness (QED) is 0.493. The molecule has 0 aromatic carbocycles. The van der Waals surface area contributed by atoms with E-state index >= 15 is 0 Å². The van der Waals surface area contributed by atoms with Gasteiger partial charge in [0.05, 0.1) is 22.9 Å². The molecule has 5 nitrogen and oxygen atoms in total. The van der Waals surface area contributed by atoms with E-state index in [9.17, 15) is 0 Å². The fourth-order valence-corrected chi connectivity index (χ4v) is 0.512. The smallest absolute Gasteiger partial charge is 0.480 e. The van der Waals surface area contributed by atoms with E-state index in [2.05, 4.69) is 14.7 Å². The molecular weight excluding hydrogens is 147 g/mol. The Hall–Kier alpha value is -1.14. The lowest BCUT2D eigenvalue weighted by Gasteiger charge is -1.98. The van der Waals surface area contributed by atoms with Gasteiger partial charge in [-0.1, -0.05) is 0 Å². The zero-order valence-corrected chi connectivity index (χ0v) is 5.43. The van der Waals surface area contributed by atoms with Crippen molar-refractivity contribution < 1.29 is 18.9 Å². The molecule has 2 N–H and O–H groups in total. The number of aromatic nitrogens is 2. The normalized spacial score (nSPS) is 14.5. The fourth-order valence-electron chi connectivity index (χ4n) is 0.512. The first kappa shape index (κ1) is 4.68. The van der Waals surface area contributed by atoms with Crippen molar-refractivity contribution in [3.8, 4) is 5.88 Å². The van der Waals surface area contributed by atoms with Crippen LogP contribution in [0.2, 0.25) is 0 Å². The van der Waals surface area contributed by atoms with Crippen LogP contribution in [0.5, 0.6) is 5.88 Å². The maximum Gasteiger partial charge on any atom is 0.509 e. The summed E-state index contributed by atoms with van der Waals surface area (Å²) < 4.78 is 24.7. The molecule has 11 heavy (non-hydrogen) atoms. The number of ether oxygens (including phenoxy) is 1. The zero-order valence-electron chi connectivity index (χ0n) is 8.43. The molecule has 1 rings (SSSR count). The minimum Gasteiger partial charge on any atom is -0.480 e. The van der Waals surface area contributed by atoms with Gasteiger partial charge in [-0.05, 0) is 0 Å². The van der Waals surface area contributed by atoms with Crippen molar-refractivity contribution in [1.29, 1.82) is 0 Å². The predicted molar refractivity (Wildman–Crippen MR) is 38.4 cm³/mol. The van der Waals surface area contributed by atoms with Crippen molar-refractivity contribution in [3.63, 3.8) is 0 Å². The highest BCUT2D eigenvalue weighted by atomic mass is 16.5. The topological polar surface area (TPSA) is 75.5 Å². The largest absolute Gasteiger partial charge is 0.509 e. The summed E-state index contributed by atoms with van der Waals surface area (Å²) in [5.74, 6) is -0.200. The first-order valence-corrected chi connectivity index (χ1v) is 2.75. The van der Waals surface area contributed by atoms with Crippen LogP contribution in [-0.2, 0) is 0 Å². The fraction of sp³-hybridized carbons (Fsp3) is 0.200. The van der Waals surface area contributed by atoms with E-state index in [0.717, 1.165) is 12.4 Å².